The van der Waals surface area contributed by atoms with E-state index in [9.17, 15) is 0 Å². The van der Waals surface area contributed by atoms with Crippen LogP contribution in [-0.4, -0.2) is 43.7 Å². The number of halogens is 1. The topological polar surface area (TPSA) is 47.9 Å². The fraction of sp³-hybridized carbons (Fsp3) is 0.625. The Morgan fingerprint density at radius 1 is 1.10 bits per heavy atom. The molecule has 4 nitrogen and oxygen atoms in total. The lowest BCUT2D eigenvalue weighted by atomic mass is 10.1. The number of aliphatic hydroxyl groups excluding tert-OH is 1. The molecule has 0 radical (unpaired) electrons. The highest BCUT2D eigenvalue weighted by molar-refractivity contribution is 9.10. The predicted octanol–water partition coefficient (Wildman–Crippen LogP) is 3.00. The van der Waals surface area contributed by atoms with Crippen molar-refractivity contribution in [1.29, 1.82) is 0 Å². The second kappa shape index (κ2) is 8.13. The molecule has 118 valence electrons. The van der Waals surface area contributed by atoms with Gasteiger partial charge >= 0.3 is 0 Å². The summed E-state index contributed by atoms with van der Waals surface area (Å²) < 4.78 is 17.1. The molecule has 2 saturated heterocycles. The standard InChI is InChI=1S/C12H15BrO2.C4H8O2/c1-8-5-11(6-9(2)12(8)13)15-10-3-4-14-7-10;5-4-1-2-6-3-4/h5-6,10H,3-4,7H2,1-2H3;4-5H,1-3H2/t10-;4-/m10/s1. The number of aliphatic hydroxyl groups is 1. The molecule has 2 fully saturated rings. The maximum atomic E-state index is 8.60. The summed E-state index contributed by atoms with van der Waals surface area (Å²) in [6.07, 6.45) is 1.86. The number of rotatable bonds is 2. The lowest BCUT2D eigenvalue weighted by Crippen LogP contribution is -2.15. The zero-order valence-corrected chi connectivity index (χ0v) is 14.2. The van der Waals surface area contributed by atoms with E-state index in [4.69, 9.17) is 19.3 Å². The van der Waals surface area contributed by atoms with Gasteiger partial charge in [0.15, 0.2) is 0 Å². The summed E-state index contributed by atoms with van der Waals surface area (Å²) in [5.74, 6) is 0.948. The minimum Gasteiger partial charge on any atom is -0.488 e. The summed E-state index contributed by atoms with van der Waals surface area (Å²) in [5, 5.41) is 8.60. The minimum absolute atomic E-state index is 0.176. The van der Waals surface area contributed by atoms with Crippen molar-refractivity contribution in [3.63, 3.8) is 0 Å². The highest BCUT2D eigenvalue weighted by atomic mass is 79.9. The Morgan fingerprint density at radius 2 is 1.71 bits per heavy atom. The van der Waals surface area contributed by atoms with Crippen LogP contribution in [0.4, 0.5) is 0 Å². The maximum absolute atomic E-state index is 8.60. The quantitative estimate of drug-likeness (QED) is 0.882. The molecular formula is C16H23BrO4. The van der Waals surface area contributed by atoms with Gasteiger partial charge in [0, 0.05) is 17.5 Å². The molecule has 0 amide bonds. The third-order valence-corrected chi connectivity index (χ3v) is 4.76. The van der Waals surface area contributed by atoms with Crippen molar-refractivity contribution in [3.05, 3.63) is 27.7 Å². The Kier molecular flexibility index (Phi) is 6.48. The van der Waals surface area contributed by atoms with E-state index in [2.05, 4.69) is 41.9 Å². The Morgan fingerprint density at radius 3 is 2.14 bits per heavy atom. The van der Waals surface area contributed by atoms with E-state index in [-0.39, 0.29) is 12.2 Å². The van der Waals surface area contributed by atoms with E-state index in [1.54, 1.807) is 0 Å². The first kappa shape index (κ1) is 16.7. The van der Waals surface area contributed by atoms with Gasteiger partial charge in [0.1, 0.15) is 11.9 Å². The summed E-state index contributed by atoms with van der Waals surface area (Å²) in [6, 6.07) is 4.13. The van der Waals surface area contributed by atoms with E-state index < -0.39 is 0 Å². The Bertz CT molecular complexity index is 429. The molecule has 0 saturated carbocycles. The lowest BCUT2D eigenvalue weighted by molar-refractivity contribution is 0.127. The molecule has 21 heavy (non-hydrogen) atoms. The monoisotopic (exact) mass is 358 g/mol. The van der Waals surface area contributed by atoms with Crippen LogP contribution < -0.4 is 4.74 Å². The van der Waals surface area contributed by atoms with Gasteiger partial charge in [0.25, 0.3) is 0 Å². The summed E-state index contributed by atoms with van der Waals surface area (Å²) in [6.45, 7) is 6.97. The molecular weight excluding hydrogens is 336 g/mol. The molecule has 2 atom stereocenters. The summed E-state index contributed by atoms with van der Waals surface area (Å²) in [7, 11) is 0. The van der Waals surface area contributed by atoms with Gasteiger partial charge in [-0.2, -0.15) is 0 Å². The molecule has 1 aromatic rings. The van der Waals surface area contributed by atoms with Crippen molar-refractivity contribution < 1.29 is 19.3 Å². The molecule has 3 rings (SSSR count). The van der Waals surface area contributed by atoms with Crippen molar-refractivity contribution in [3.8, 4) is 5.75 Å². The Labute approximate surface area is 134 Å². The van der Waals surface area contributed by atoms with Gasteiger partial charge in [-0.25, -0.2) is 0 Å². The third kappa shape index (κ3) is 5.25. The predicted molar refractivity (Wildman–Crippen MR) is 84.9 cm³/mol. The fourth-order valence-electron chi connectivity index (χ4n) is 2.29. The molecule has 1 aromatic carbocycles. The first-order chi connectivity index (χ1) is 10.1. The molecule has 0 unspecified atom stereocenters. The molecule has 2 heterocycles. The molecule has 0 spiro atoms. The number of aryl methyl sites for hydroxylation is 2. The second-order valence-electron chi connectivity index (χ2n) is 5.49. The first-order valence-electron chi connectivity index (χ1n) is 7.33. The number of hydrogen-bond acceptors (Lipinski definition) is 4. The smallest absolute Gasteiger partial charge is 0.124 e. The van der Waals surface area contributed by atoms with Gasteiger partial charge in [-0.15, -0.1) is 0 Å². The number of benzene rings is 1. The zero-order valence-electron chi connectivity index (χ0n) is 12.6. The van der Waals surface area contributed by atoms with Crippen LogP contribution in [-0.2, 0) is 9.47 Å². The van der Waals surface area contributed by atoms with Crippen LogP contribution in [0.2, 0.25) is 0 Å². The normalized spacial score (nSPS) is 24.6. The lowest BCUT2D eigenvalue weighted by Gasteiger charge is -2.14. The average molecular weight is 359 g/mol. The van der Waals surface area contributed by atoms with Crippen LogP contribution in [0.25, 0.3) is 0 Å². The Hall–Kier alpha value is -0.620. The van der Waals surface area contributed by atoms with Crippen molar-refractivity contribution in [2.75, 3.05) is 26.4 Å². The summed E-state index contributed by atoms with van der Waals surface area (Å²) in [4.78, 5) is 0. The molecule has 2 aliphatic rings. The van der Waals surface area contributed by atoms with Gasteiger partial charge in [0.05, 0.1) is 25.9 Å². The summed E-state index contributed by atoms with van der Waals surface area (Å²) >= 11 is 3.55. The first-order valence-corrected chi connectivity index (χ1v) is 8.12. The molecule has 2 aliphatic heterocycles. The third-order valence-electron chi connectivity index (χ3n) is 3.51. The Balaban J connectivity index is 0.000000225. The van der Waals surface area contributed by atoms with E-state index in [1.807, 2.05) is 0 Å². The van der Waals surface area contributed by atoms with Gasteiger partial charge in [0.2, 0.25) is 0 Å². The van der Waals surface area contributed by atoms with E-state index in [0.29, 0.717) is 13.2 Å². The van der Waals surface area contributed by atoms with E-state index in [1.165, 1.54) is 11.1 Å². The highest BCUT2D eigenvalue weighted by Gasteiger charge is 2.17. The van der Waals surface area contributed by atoms with Crippen LogP contribution in [0.5, 0.6) is 5.75 Å². The zero-order chi connectivity index (χ0) is 15.2. The van der Waals surface area contributed by atoms with Crippen molar-refractivity contribution in [2.24, 2.45) is 0 Å². The molecule has 5 heteroatoms. The fourth-order valence-corrected chi connectivity index (χ4v) is 2.52. The molecule has 0 bridgehead atoms. The van der Waals surface area contributed by atoms with Crippen molar-refractivity contribution in [1.82, 2.24) is 0 Å². The SMILES string of the molecule is Cc1cc(O[C@@H]2CCOC2)cc(C)c1Br.O[C@H]1CCOC1. The maximum Gasteiger partial charge on any atom is 0.124 e. The van der Waals surface area contributed by atoms with E-state index >= 15 is 0 Å². The van der Waals surface area contributed by atoms with Crippen LogP contribution in [0.15, 0.2) is 16.6 Å². The van der Waals surface area contributed by atoms with Gasteiger partial charge in [-0.1, -0.05) is 15.9 Å². The van der Waals surface area contributed by atoms with Crippen molar-refractivity contribution >= 4 is 15.9 Å². The second-order valence-corrected chi connectivity index (χ2v) is 6.28. The number of ether oxygens (including phenoxy) is 3. The van der Waals surface area contributed by atoms with E-state index in [0.717, 1.165) is 36.3 Å². The van der Waals surface area contributed by atoms with Gasteiger partial charge in [-0.3, -0.25) is 0 Å². The highest BCUT2D eigenvalue weighted by Crippen LogP contribution is 2.27. The summed E-state index contributed by atoms with van der Waals surface area (Å²) in [5.41, 5.74) is 2.42. The largest absolute Gasteiger partial charge is 0.488 e. The van der Waals surface area contributed by atoms with Gasteiger partial charge in [-0.05, 0) is 43.5 Å². The van der Waals surface area contributed by atoms with Crippen molar-refractivity contribution in [2.45, 2.75) is 38.9 Å². The van der Waals surface area contributed by atoms with Crippen LogP contribution in [0.3, 0.4) is 0 Å². The van der Waals surface area contributed by atoms with Crippen LogP contribution in [0, 0.1) is 13.8 Å². The number of hydrogen-bond donors (Lipinski definition) is 1. The average Bonchev–Trinajstić information content (AvgIpc) is 3.10. The molecule has 1 N–H and O–H groups in total. The van der Waals surface area contributed by atoms with Crippen LogP contribution >= 0.6 is 15.9 Å². The minimum atomic E-state index is -0.176. The van der Waals surface area contributed by atoms with Gasteiger partial charge < -0.3 is 19.3 Å². The van der Waals surface area contributed by atoms with Crippen LogP contribution in [0.1, 0.15) is 24.0 Å². The molecule has 0 aliphatic carbocycles. The molecule has 0 aromatic heterocycles.